The van der Waals surface area contributed by atoms with E-state index in [1.165, 1.54) is 18.2 Å². The van der Waals surface area contributed by atoms with E-state index in [1.807, 2.05) is 6.07 Å². The van der Waals surface area contributed by atoms with Gasteiger partial charge in [-0.2, -0.15) is 5.26 Å². The normalized spacial score (nSPS) is 9.75. The van der Waals surface area contributed by atoms with E-state index in [4.69, 9.17) is 20.8 Å². The van der Waals surface area contributed by atoms with Crippen LogP contribution in [0.2, 0.25) is 0 Å². The number of hydrogen-bond acceptors (Lipinski definition) is 4. The first-order chi connectivity index (χ1) is 9.61. The quantitative estimate of drug-likeness (QED) is 0.830. The summed E-state index contributed by atoms with van der Waals surface area (Å²) in [4.78, 5) is 10.8. The molecule has 2 rings (SSSR count). The van der Waals surface area contributed by atoms with E-state index < -0.39 is 5.97 Å². The Morgan fingerprint density at radius 2 is 2.05 bits per heavy atom. The third-order valence-corrected chi connectivity index (χ3v) is 2.78. The van der Waals surface area contributed by atoms with Gasteiger partial charge in [0.1, 0.15) is 12.4 Å². The van der Waals surface area contributed by atoms with Crippen molar-refractivity contribution in [1.29, 1.82) is 5.26 Å². The molecule has 0 atom stereocenters. The van der Waals surface area contributed by atoms with Crippen LogP contribution in [0.4, 0.5) is 5.69 Å². The lowest BCUT2D eigenvalue weighted by molar-refractivity contribution is 0.0697. The summed E-state index contributed by atoms with van der Waals surface area (Å²) in [6.45, 7) is 0.195. The van der Waals surface area contributed by atoms with Gasteiger partial charge in [-0.25, -0.2) is 4.79 Å². The maximum absolute atomic E-state index is 10.8. The minimum atomic E-state index is -1.04. The van der Waals surface area contributed by atoms with Crippen molar-refractivity contribution in [3.63, 3.8) is 0 Å². The molecular formula is C15H12N2O3. The first kappa shape index (κ1) is 13.4. The highest BCUT2D eigenvalue weighted by atomic mass is 16.5. The Morgan fingerprint density at radius 1 is 1.30 bits per heavy atom. The first-order valence-electron chi connectivity index (χ1n) is 5.85. The zero-order valence-electron chi connectivity index (χ0n) is 10.5. The number of rotatable bonds is 4. The van der Waals surface area contributed by atoms with Gasteiger partial charge in [0.05, 0.1) is 22.9 Å². The second-order valence-corrected chi connectivity index (χ2v) is 4.12. The summed E-state index contributed by atoms with van der Waals surface area (Å²) in [5, 5.41) is 17.8. The van der Waals surface area contributed by atoms with E-state index in [1.54, 1.807) is 18.2 Å². The van der Waals surface area contributed by atoms with Crippen LogP contribution in [0, 0.1) is 11.3 Å². The lowest BCUT2D eigenvalue weighted by Crippen LogP contribution is -2.03. The molecule has 3 N–H and O–H groups in total. The van der Waals surface area contributed by atoms with Gasteiger partial charge in [0.25, 0.3) is 0 Å². The predicted molar refractivity (Wildman–Crippen MR) is 73.3 cm³/mol. The maximum atomic E-state index is 10.8. The zero-order valence-corrected chi connectivity index (χ0v) is 10.5. The van der Waals surface area contributed by atoms with Gasteiger partial charge in [-0.05, 0) is 24.3 Å². The van der Waals surface area contributed by atoms with Crippen LogP contribution < -0.4 is 10.5 Å². The molecule has 0 unspecified atom stereocenters. The molecule has 0 aliphatic heterocycles. The summed E-state index contributed by atoms with van der Waals surface area (Å²) in [5.41, 5.74) is 7.38. The lowest BCUT2D eigenvalue weighted by Gasteiger charge is -2.10. The van der Waals surface area contributed by atoms with E-state index in [9.17, 15) is 4.79 Å². The molecule has 0 fully saturated rings. The van der Waals surface area contributed by atoms with Gasteiger partial charge in [-0.15, -0.1) is 0 Å². The third-order valence-electron chi connectivity index (χ3n) is 2.78. The van der Waals surface area contributed by atoms with Crippen LogP contribution in [0.25, 0.3) is 0 Å². The molecule has 0 radical (unpaired) electrons. The van der Waals surface area contributed by atoms with E-state index in [-0.39, 0.29) is 17.9 Å². The number of hydrogen-bond donors (Lipinski definition) is 2. The summed E-state index contributed by atoms with van der Waals surface area (Å²) in [5.74, 6) is -0.652. The van der Waals surface area contributed by atoms with Crippen molar-refractivity contribution in [3.05, 3.63) is 59.2 Å². The Balaban J connectivity index is 2.16. The highest BCUT2D eigenvalue weighted by Crippen LogP contribution is 2.24. The number of benzene rings is 2. The van der Waals surface area contributed by atoms with Crippen molar-refractivity contribution in [2.45, 2.75) is 6.61 Å². The van der Waals surface area contributed by atoms with Crippen molar-refractivity contribution < 1.29 is 14.6 Å². The van der Waals surface area contributed by atoms with Gasteiger partial charge in [-0.3, -0.25) is 0 Å². The average Bonchev–Trinajstić information content (AvgIpc) is 2.46. The number of anilines is 1. The SMILES string of the molecule is N#Cc1ccccc1COc1ccc(C(=O)O)cc1N. The van der Waals surface area contributed by atoms with Crippen LogP contribution in [0.5, 0.6) is 5.75 Å². The second kappa shape index (κ2) is 5.76. The summed E-state index contributed by atoms with van der Waals surface area (Å²) in [6.07, 6.45) is 0. The number of carboxylic acid groups (broad SMARTS) is 1. The van der Waals surface area contributed by atoms with Gasteiger partial charge in [0, 0.05) is 5.56 Å². The molecule has 0 aromatic heterocycles. The Bertz CT molecular complexity index is 690. The summed E-state index contributed by atoms with van der Waals surface area (Å²) in [6, 6.07) is 13.4. The molecule has 2 aromatic carbocycles. The van der Waals surface area contributed by atoms with Gasteiger partial charge in [0.2, 0.25) is 0 Å². The van der Waals surface area contributed by atoms with Crippen LogP contribution in [-0.4, -0.2) is 11.1 Å². The van der Waals surface area contributed by atoms with Gasteiger partial charge < -0.3 is 15.6 Å². The molecule has 5 heteroatoms. The second-order valence-electron chi connectivity index (χ2n) is 4.12. The molecule has 0 aliphatic rings. The van der Waals surface area contributed by atoms with Gasteiger partial charge >= 0.3 is 5.97 Å². The Kier molecular flexibility index (Phi) is 3.87. The highest BCUT2D eigenvalue weighted by Gasteiger charge is 2.08. The fourth-order valence-corrected chi connectivity index (χ4v) is 1.72. The third kappa shape index (κ3) is 2.87. The van der Waals surface area contributed by atoms with Gasteiger partial charge in [-0.1, -0.05) is 18.2 Å². The molecule has 0 saturated carbocycles. The average molecular weight is 268 g/mol. The minimum absolute atomic E-state index is 0.104. The number of aromatic carboxylic acids is 1. The van der Waals surface area contributed by atoms with Crippen LogP contribution in [0.1, 0.15) is 21.5 Å². The summed E-state index contributed by atoms with van der Waals surface area (Å²) >= 11 is 0. The van der Waals surface area contributed by atoms with Crippen LogP contribution in [-0.2, 0) is 6.61 Å². The number of ether oxygens (including phenoxy) is 1. The topological polar surface area (TPSA) is 96.3 Å². The minimum Gasteiger partial charge on any atom is -0.487 e. The Labute approximate surface area is 115 Å². The monoisotopic (exact) mass is 268 g/mol. The molecule has 0 aliphatic carbocycles. The lowest BCUT2D eigenvalue weighted by atomic mass is 10.1. The molecule has 0 heterocycles. The summed E-state index contributed by atoms with van der Waals surface area (Å²) < 4.78 is 5.53. The number of nitrogen functional groups attached to an aromatic ring is 1. The molecule has 0 amide bonds. The molecular weight excluding hydrogens is 256 g/mol. The van der Waals surface area contributed by atoms with Crippen LogP contribution in [0.15, 0.2) is 42.5 Å². The molecule has 5 nitrogen and oxygen atoms in total. The smallest absolute Gasteiger partial charge is 0.335 e. The largest absolute Gasteiger partial charge is 0.487 e. The van der Waals surface area contributed by atoms with E-state index in [0.29, 0.717) is 11.3 Å². The van der Waals surface area contributed by atoms with Crippen molar-refractivity contribution in [2.75, 3.05) is 5.73 Å². The molecule has 20 heavy (non-hydrogen) atoms. The van der Waals surface area contributed by atoms with Crippen molar-refractivity contribution >= 4 is 11.7 Å². The van der Waals surface area contributed by atoms with E-state index in [2.05, 4.69) is 6.07 Å². The number of nitrogens with two attached hydrogens (primary N) is 1. The zero-order chi connectivity index (χ0) is 14.5. The first-order valence-corrected chi connectivity index (χ1v) is 5.85. The van der Waals surface area contributed by atoms with E-state index in [0.717, 1.165) is 5.56 Å². The Hall–Kier alpha value is -3.00. The maximum Gasteiger partial charge on any atom is 0.335 e. The van der Waals surface area contributed by atoms with Gasteiger partial charge in [0.15, 0.2) is 0 Å². The highest BCUT2D eigenvalue weighted by molar-refractivity contribution is 5.89. The predicted octanol–water partition coefficient (Wildman–Crippen LogP) is 2.42. The molecule has 100 valence electrons. The molecule has 0 bridgehead atoms. The molecule has 0 spiro atoms. The Morgan fingerprint density at radius 3 is 2.70 bits per heavy atom. The fourth-order valence-electron chi connectivity index (χ4n) is 1.72. The fraction of sp³-hybridized carbons (Fsp3) is 0.0667. The number of carbonyl (C=O) groups is 1. The van der Waals surface area contributed by atoms with Crippen LogP contribution >= 0.6 is 0 Å². The number of nitrogens with zero attached hydrogens (tertiary/aromatic N) is 1. The van der Waals surface area contributed by atoms with Crippen molar-refractivity contribution in [3.8, 4) is 11.8 Å². The van der Waals surface area contributed by atoms with Crippen molar-refractivity contribution in [2.24, 2.45) is 0 Å². The van der Waals surface area contributed by atoms with Crippen LogP contribution in [0.3, 0.4) is 0 Å². The van der Waals surface area contributed by atoms with E-state index >= 15 is 0 Å². The standard InChI is InChI=1S/C15H12N2O3/c16-8-11-3-1-2-4-12(11)9-20-14-6-5-10(15(18)19)7-13(14)17/h1-7H,9,17H2,(H,18,19). The molecule has 0 saturated heterocycles. The number of carboxylic acids is 1. The summed E-state index contributed by atoms with van der Waals surface area (Å²) in [7, 11) is 0. The van der Waals surface area contributed by atoms with Crippen molar-refractivity contribution in [1.82, 2.24) is 0 Å². The molecule has 2 aromatic rings. The number of nitriles is 1.